The van der Waals surface area contributed by atoms with Crippen molar-refractivity contribution in [2.24, 2.45) is 0 Å². The highest BCUT2D eigenvalue weighted by atomic mass is 16.5. The Hall–Kier alpha value is -2.87. The maximum Gasteiger partial charge on any atom is 0.355 e. The van der Waals surface area contributed by atoms with E-state index in [2.05, 4.69) is 5.32 Å². The van der Waals surface area contributed by atoms with Crippen LogP contribution in [0.1, 0.15) is 29.8 Å². The minimum absolute atomic E-state index is 0.0492. The fourth-order valence-electron chi connectivity index (χ4n) is 3.30. The first kappa shape index (κ1) is 18.9. The molecule has 0 atom stereocenters. The van der Waals surface area contributed by atoms with Gasteiger partial charge in [-0.15, -0.1) is 0 Å². The van der Waals surface area contributed by atoms with Gasteiger partial charge in [-0.2, -0.15) is 0 Å². The second kappa shape index (κ2) is 7.03. The number of rotatable bonds is 3. The highest BCUT2D eigenvalue weighted by Crippen LogP contribution is 2.35. The second-order valence-corrected chi connectivity index (χ2v) is 7.01. The van der Waals surface area contributed by atoms with Gasteiger partial charge in [0.05, 0.1) is 26.4 Å². The van der Waals surface area contributed by atoms with Gasteiger partial charge in [-0.05, 0) is 23.8 Å². The SMILES string of the molecule is COC(=O)C1=C(C(=O)OC)N(c2ccc3c(c2)C(C)(C)CNC3=O)COC1. The fourth-order valence-corrected chi connectivity index (χ4v) is 3.30. The van der Waals surface area contributed by atoms with Crippen molar-refractivity contribution < 1.29 is 28.6 Å². The molecule has 1 aromatic rings. The minimum atomic E-state index is -0.659. The summed E-state index contributed by atoms with van der Waals surface area (Å²) in [5.74, 6) is -1.45. The van der Waals surface area contributed by atoms with Crippen LogP contribution < -0.4 is 10.2 Å². The zero-order valence-electron chi connectivity index (χ0n) is 15.8. The molecule has 1 N–H and O–H groups in total. The number of nitrogens with one attached hydrogen (secondary N) is 1. The monoisotopic (exact) mass is 374 g/mol. The van der Waals surface area contributed by atoms with Crippen molar-refractivity contribution in [3.63, 3.8) is 0 Å². The van der Waals surface area contributed by atoms with Gasteiger partial charge < -0.3 is 24.4 Å². The van der Waals surface area contributed by atoms with Crippen molar-refractivity contribution >= 4 is 23.5 Å². The summed E-state index contributed by atoms with van der Waals surface area (Å²) < 4.78 is 15.1. The molecular formula is C19H22N2O6. The average Bonchev–Trinajstić information content (AvgIpc) is 2.69. The van der Waals surface area contributed by atoms with E-state index in [-0.39, 0.29) is 35.9 Å². The Kier molecular flexibility index (Phi) is 4.93. The predicted octanol–water partition coefficient (Wildman–Crippen LogP) is 1.10. The molecule has 0 aromatic heterocycles. The van der Waals surface area contributed by atoms with Crippen LogP contribution in [0.15, 0.2) is 29.5 Å². The van der Waals surface area contributed by atoms with E-state index in [0.29, 0.717) is 17.8 Å². The third-order valence-electron chi connectivity index (χ3n) is 4.81. The van der Waals surface area contributed by atoms with Crippen LogP contribution in [-0.4, -0.2) is 51.9 Å². The van der Waals surface area contributed by atoms with Gasteiger partial charge in [0.2, 0.25) is 0 Å². The molecule has 3 rings (SSSR count). The second-order valence-electron chi connectivity index (χ2n) is 7.01. The number of amides is 1. The zero-order valence-corrected chi connectivity index (χ0v) is 15.8. The lowest BCUT2D eigenvalue weighted by atomic mass is 9.78. The number of ether oxygens (including phenoxy) is 3. The summed E-state index contributed by atoms with van der Waals surface area (Å²) in [5, 5.41) is 2.87. The summed E-state index contributed by atoms with van der Waals surface area (Å²) in [6.45, 7) is 4.58. The number of nitrogens with zero attached hydrogens (tertiary/aromatic N) is 1. The van der Waals surface area contributed by atoms with E-state index in [1.807, 2.05) is 19.9 Å². The summed E-state index contributed by atoms with van der Waals surface area (Å²) in [4.78, 5) is 38.2. The molecule has 0 aliphatic carbocycles. The first-order valence-electron chi connectivity index (χ1n) is 8.48. The number of anilines is 1. The number of esters is 2. The Morgan fingerprint density at radius 3 is 2.56 bits per heavy atom. The molecule has 144 valence electrons. The molecule has 2 heterocycles. The summed E-state index contributed by atoms with van der Waals surface area (Å²) in [6, 6.07) is 5.27. The van der Waals surface area contributed by atoms with Crippen LogP contribution in [0.3, 0.4) is 0 Å². The topological polar surface area (TPSA) is 94.2 Å². The van der Waals surface area contributed by atoms with E-state index in [1.54, 1.807) is 17.0 Å². The molecule has 0 spiro atoms. The van der Waals surface area contributed by atoms with Gasteiger partial charge in [-0.3, -0.25) is 4.79 Å². The van der Waals surface area contributed by atoms with Crippen LogP contribution in [0.4, 0.5) is 5.69 Å². The number of methoxy groups -OCH3 is 2. The molecule has 1 aromatic carbocycles. The van der Waals surface area contributed by atoms with E-state index in [9.17, 15) is 14.4 Å². The van der Waals surface area contributed by atoms with Gasteiger partial charge in [0.15, 0.2) is 0 Å². The van der Waals surface area contributed by atoms with Crippen molar-refractivity contribution in [2.45, 2.75) is 19.3 Å². The first-order valence-corrected chi connectivity index (χ1v) is 8.48. The Bertz CT molecular complexity index is 843. The largest absolute Gasteiger partial charge is 0.466 e. The van der Waals surface area contributed by atoms with Crippen LogP contribution in [-0.2, 0) is 29.2 Å². The number of fused-ring (bicyclic) bond motifs is 1. The lowest BCUT2D eigenvalue weighted by Gasteiger charge is -2.35. The maximum absolute atomic E-state index is 12.4. The fraction of sp³-hybridized carbons (Fsp3) is 0.421. The number of carbonyl (C=O) groups excluding carboxylic acids is 3. The summed E-state index contributed by atoms with van der Waals surface area (Å²) >= 11 is 0. The number of hydrogen-bond donors (Lipinski definition) is 1. The van der Waals surface area contributed by atoms with E-state index in [0.717, 1.165) is 5.56 Å². The van der Waals surface area contributed by atoms with E-state index < -0.39 is 11.9 Å². The molecule has 2 aliphatic heterocycles. The molecule has 8 nitrogen and oxygen atoms in total. The lowest BCUT2D eigenvalue weighted by Crippen LogP contribution is -2.44. The van der Waals surface area contributed by atoms with Crippen molar-refractivity contribution in [1.82, 2.24) is 5.32 Å². The molecule has 0 fully saturated rings. The molecule has 0 radical (unpaired) electrons. The molecule has 1 amide bonds. The van der Waals surface area contributed by atoms with Gasteiger partial charge in [-0.25, -0.2) is 9.59 Å². The van der Waals surface area contributed by atoms with Crippen molar-refractivity contribution in [2.75, 3.05) is 39.0 Å². The molecule has 27 heavy (non-hydrogen) atoms. The standard InChI is InChI=1S/C19H22N2O6/c1-19(2)9-20-16(22)12-6-5-11(7-14(12)19)21-10-27-8-13(17(23)25-3)15(21)18(24)26-4/h5-7H,8-10H2,1-4H3,(H,20,22). The summed E-state index contributed by atoms with van der Waals surface area (Å²) in [5.41, 5.74) is 1.95. The predicted molar refractivity (Wildman–Crippen MR) is 96.2 cm³/mol. The van der Waals surface area contributed by atoms with E-state index in [1.165, 1.54) is 14.2 Å². The van der Waals surface area contributed by atoms with Crippen molar-refractivity contribution in [1.29, 1.82) is 0 Å². The van der Waals surface area contributed by atoms with Crippen LogP contribution in [0.2, 0.25) is 0 Å². The third kappa shape index (κ3) is 3.28. The van der Waals surface area contributed by atoms with Gasteiger partial charge in [0.1, 0.15) is 12.4 Å². The molecule has 2 aliphatic rings. The van der Waals surface area contributed by atoms with Gasteiger partial charge >= 0.3 is 11.9 Å². The molecule has 0 unspecified atom stereocenters. The number of benzene rings is 1. The lowest BCUT2D eigenvalue weighted by molar-refractivity contribution is -0.140. The van der Waals surface area contributed by atoms with Crippen LogP contribution in [0.25, 0.3) is 0 Å². The Labute approximate surface area is 157 Å². The number of carbonyl (C=O) groups is 3. The minimum Gasteiger partial charge on any atom is -0.466 e. The summed E-state index contributed by atoms with van der Waals surface area (Å²) in [7, 11) is 2.49. The van der Waals surface area contributed by atoms with Crippen LogP contribution in [0, 0.1) is 0 Å². The van der Waals surface area contributed by atoms with Crippen LogP contribution in [0.5, 0.6) is 0 Å². The maximum atomic E-state index is 12.4. The third-order valence-corrected chi connectivity index (χ3v) is 4.81. The smallest absolute Gasteiger partial charge is 0.355 e. The van der Waals surface area contributed by atoms with Crippen molar-refractivity contribution in [3.8, 4) is 0 Å². The van der Waals surface area contributed by atoms with Gasteiger partial charge in [0, 0.05) is 23.2 Å². The van der Waals surface area contributed by atoms with Crippen LogP contribution >= 0.6 is 0 Å². The average molecular weight is 374 g/mol. The first-order chi connectivity index (χ1) is 12.8. The highest BCUT2D eigenvalue weighted by molar-refractivity contribution is 6.04. The molecule has 0 saturated carbocycles. The molecular weight excluding hydrogens is 352 g/mol. The summed E-state index contributed by atoms with van der Waals surface area (Å²) in [6.07, 6.45) is 0. The van der Waals surface area contributed by atoms with E-state index >= 15 is 0 Å². The quantitative estimate of drug-likeness (QED) is 0.792. The highest BCUT2D eigenvalue weighted by Gasteiger charge is 2.35. The number of hydrogen-bond acceptors (Lipinski definition) is 7. The Morgan fingerprint density at radius 2 is 1.89 bits per heavy atom. The van der Waals surface area contributed by atoms with Gasteiger partial charge in [0.25, 0.3) is 5.91 Å². The van der Waals surface area contributed by atoms with Crippen molar-refractivity contribution in [3.05, 3.63) is 40.6 Å². The normalized spacial score (nSPS) is 18.5. The Balaban J connectivity index is 2.13. The van der Waals surface area contributed by atoms with E-state index in [4.69, 9.17) is 14.2 Å². The Morgan fingerprint density at radius 1 is 1.19 bits per heavy atom. The molecule has 0 saturated heterocycles. The van der Waals surface area contributed by atoms with Gasteiger partial charge in [-0.1, -0.05) is 13.8 Å². The molecule has 8 heteroatoms. The molecule has 0 bridgehead atoms. The zero-order chi connectivity index (χ0) is 19.8.